The maximum absolute atomic E-state index is 11.8. The lowest BCUT2D eigenvalue weighted by molar-refractivity contribution is 0.256. The van der Waals surface area contributed by atoms with E-state index in [9.17, 15) is 4.79 Å². The highest BCUT2D eigenvalue weighted by molar-refractivity contribution is 9.10. The first-order valence-corrected chi connectivity index (χ1v) is 7.40. The fourth-order valence-electron chi connectivity index (χ4n) is 1.71. The van der Waals surface area contributed by atoms with E-state index in [1.165, 1.54) is 23.3 Å². The number of primary amides is 1. The number of aromatic nitrogens is 2. The maximum Gasteiger partial charge on any atom is 0.325 e. The van der Waals surface area contributed by atoms with E-state index in [4.69, 9.17) is 15.2 Å². The fraction of sp³-hybridized carbons (Fsp3) is 0.250. The van der Waals surface area contributed by atoms with Gasteiger partial charge in [0.15, 0.2) is 0 Å². The number of nitrogens with two attached hydrogens (primary N) is 1. The van der Waals surface area contributed by atoms with Crippen molar-refractivity contribution in [3.05, 3.63) is 21.6 Å². The van der Waals surface area contributed by atoms with Crippen LogP contribution in [0.3, 0.4) is 0 Å². The Morgan fingerprint density at radius 3 is 2.43 bits per heavy atom. The molecule has 0 saturated heterocycles. The normalized spacial score (nSPS) is 10.3. The summed E-state index contributed by atoms with van der Waals surface area (Å²) in [4.78, 5) is 13.1. The number of nitrogens with zero attached hydrogens (tertiary/aromatic N) is 3. The number of hydrogen-bond donors (Lipinski definition) is 1. The first-order valence-electron chi connectivity index (χ1n) is 5.79. The van der Waals surface area contributed by atoms with Gasteiger partial charge in [-0.1, -0.05) is 11.3 Å². The summed E-state index contributed by atoms with van der Waals surface area (Å²) in [7, 11) is 3.04. The third kappa shape index (κ3) is 3.08. The molecule has 0 saturated carbocycles. The molecule has 0 atom stereocenters. The Hall–Kier alpha value is -1.87. The summed E-state index contributed by atoms with van der Waals surface area (Å²) in [6.07, 6.45) is 0. The van der Waals surface area contributed by atoms with Gasteiger partial charge in [0.2, 0.25) is 5.13 Å². The zero-order valence-electron chi connectivity index (χ0n) is 11.6. The van der Waals surface area contributed by atoms with Gasteiger partial charge >= 0.3 is 6.03 Å². The molecule has 0 aliphatic carbocycles. The second-order valence-corrected chi connectivity index (χ2v) is 5.95. The van der Waals surface area contributed by atoms with Crippen molar-refractivity contribution < 1.29 is 14.3 Å². The van der Waals surface area contributed by atoms with Crippen LogP contribution in [0.4, 0.5) is 15.6 Å². The summed E-state index contributed by atoms with van der Waals surface area (Å²) in [5, 5.41) is 8.95. The van der Waals surface area contributed by atoms with Crippen molar-refractivity contribution in [2.24, 2.45) is 5.73 Å². The molecule has 2 rings (SSSR count). The van der Waals surface area contributed by atoms with Gasteiger partial charge in [0, 0.05) is 6.07 Å². The minimum atomic E-state index is -0.679. The molecule has 0 aliphatic rings. The Bertz CT molecular complexity index is 677. The van der Waals surface area contributed by atoms with Crippen LogP contribution in [-0.4, -0.2) is 30.4 Å². The van der Waals surface area contributed by atoms with Crippen LogP contribution in [0.2, 0.25) is 0 Å². The summed E-state index contributed by atoms with van der Waals surface area (Å²) in [6, 6.07) is 2.66. The van der Waals surface area contributed by atoms with Gasteiger partial charge in [-0.2, -0.15) is 0 Å². The topological polar surface area (TPSA) is 90.6 Å². The molecule has 0 unspecified atom stereocenters. The molecule has 1 aromatic heterocycles. The van der Waals surface area contributed by atoms with Gasteiger partial charge in [-0.05, 0) is 28.9 Å². The monoisotopic (exact) mass is 372 g/mol. The Kier molecular flexibility index (Phi) is 4.63. The van der Waals surface area contributed by atoms with E-state index in [0.29, 0.717) is 26.8 Å². The van der Waals surface area contributed by atoms with E-state index in [2.05, 4.69) is 26.1 Å². The summed E-state index contributed by atoms with van der Waals surface area (Å²) < 4.78 is 11.2. The predicted octanol–water partition coefficient (Wildman–Crippen LogP) is 2.84. The number of anilines is 2. The number of halogens is 1. The van der Waals surface area contributed by atoms with Gasteiger partial charge < -0.3 is 15.2 Å². The van der Waals surface area contributed by atoms with Gasteiger partial charge in [-0.15, -0.1) is 10.2 Å². The van der Waals surface area contributed by atoms with Gasteiger partial charge in [0.25, 0.3) is 0 Å². The number of hydrogen-bond acceptors (Lipinski definition) is 6. The number of urea groups is 1. The standard InChI is InChI=1S/C12H13BrN4O3S/c1-6-15-16-12(21-6)17(11(14)18)8-4-7(13)9(19-2)5-10(8)20-3/h4-5H,1-3H3,(H2,14,18). The fourth-order valence-corrected chi connectivity index (χ4v) is 2.91. The molecule has 2 amide bonds. The molecule has 1 aromatic carbocycles. The predicted molar refractivity (Wildman–Crippen MR) is 83.6 cm³/mol. The smallest absolute Gasteiger partial charge is 0.325 e. The van der Waals surface area contributed by atoms with Crippen LogP contribution in [0.1, 0.15) is 5.01 Å². The molecule has 7 nitrogen and oxygen atoms in total. The molecule has 0 radical (unpaired) electrons. The van der Waals surface area contributed by atoms with Crippen molar-refractivity contribution in [3.63, 3.8) is 0 Å². The highest BCUT2D eigenvalue weighted by Crippen LogP contribution is 2.41. The van der Waals surface area contributed by atoms with Crippen LogP contribution in [0.25, 0.3) is 0 Å². The zero-order chi connectivity index (χ0) is 15.6. The average molecular weight is 373 g/mol. The van der Waals surface area contributed by atoms with Crippen molar-refractivity contribution in [1.82, 2.24) is 10.2 Å². The third-order valence-corrected chi connectivity index (χ3v) is 4.06. The van der Waals surface area contributed by atoms with Gasteiger partial charge in [-0.25, -0.2) is 9.69 Å². The Labute approximate surface area is 133 Å². The molecule has 0 spiro atoms. The van der Waals surface area contributed by atoms with Gasteiger partial charge in [0.05, 0.1) is 24.4 Å². The van der Waals surface area contributed by atoms with Crippen LogP contribution < -0.4 is 20.1 Å². The minimum absolute atomic E-state index is 0.371. The molecule has 112 valence electrons. The van der Waals surface area contributed by atoms with Crippen LogP contribution in [-0.2, 0) is 0 Å². The number of carbonyl (C=O) groups is 1. The molecule has 0 bridgehead atoms. The number of carbonyl (C=O) groups excluding carboxylic acids is 1. The largest absolute Gasteiger partial charge is 0.495 e. The number of benzene rings is 1. The average Bonchev–Trinajstić information content (AvgIpc) is 2.85. The molecule has 9 heteroatoms. The summed E-state index contributed by atoms with van der Waals surface area (Å²) >= 11 is 4.63. The van der Waals surface area contributed by atoms with E-state index in [1.54, 1.807) is 26.2 Å². The van der Waals surface area contributed by atoms with Crippen molar-refractivity contribution in [1.29, 1.82) is 0 Å². The van der Waals surface area contributed by atoms with Crippen molar-refractivity contribution in [2.75, 3.05) is 19.1 Å². The van der Waals surface area contributed by atoms with Gasteiger partial charge in [0.1, 0.15) is 16.5 Å². The lowest BCUT2D eigenvalue weighted by atomic mass is 10.2. The molecule has 21 heavy (non-hydrogen) atoms. The Morgan fingerprint density at radius 1 is 1.29 bits per heavy atom. The number of methoxy groups -OCH3 is 2. The molecule has 2 N–H and O–H groups in total. The number of rotatable bonds is 4. The van der Waals surface area contributed by atoms with E-state index in [-0.39, 0.29) is 0 Å². The molecular formula is C12H13BrN4O3S. The van der Waals surface area contributed by atoms with Crippen molar-refractivity contribution in [3.8, 4) is 11.5 Å². The number of aryl methyl sites for hydroxylation is 1. The van der Waals surface area contributed by atoms with E-state index >= 15 is 0 Å². The first kappa shape index (κ1) is 15.5. The van der Waals surface area contributed by atoms with E-state index in [1.807, 2.05) is 0 Å². The molecule has 0 fully saturated rings. The number of amides is 2. The number of ether oxygens (including phenoxy) is 2. The summed E-state index contributed by atoms with van der Waals surface area (Å²) in [5.41, 5.74) is 5.93. The molecular weight excluding hydrogens is 360 g/mol. The lowest BCUT2D eigenvalue weighted by Crippen LogP contribution is -2.31. The molecule has 0 aliphatic heterocycles. The van der Waals surface area contributed by atoms with Crippen LogP contribution in [0.5, 0.6) is 11.5 Å². The maximum atomic E-state index is 11.8. The highest BCUT2D eigenvalue weighted by Gasteiger charge is 2.24. The Morgan fingerprint density at radius 2 is 1.95 bits per heavy atom. The quantitative estimate of drug-likeness (QED) is 0.890. The van der Waals surface area contributed by atoms with E-state index < -0.39 is 6.03 Å². The highest BCUT2D eigenvalue weighted by atomic mass is 79.9. The minimum Gasteiger partial charge on any atom is -0.495 e. The van der Waals surface area contributed by atoms with Gasteiger partial charge in [-0.3, -0.25) is 0 Å². The van der Waals surface area contributed by atoms with E-state index in [0.717, 1.165) is 5.01 Å². The first-order chi connectivity index (χ1) is 9.97. The Balaban J connectivity index is 2.60. The second kappa shape index (κ2) is 6.27. The third-order valence-electron chi connectivity index (χ3n) is 2.62. The van der Waals surface area contributed by atoms with Crippen molar-refractivity contribution >= 4 is 44.1 Å². The van der Waals surface area contributed by atoms with Crippen molar-refractivity contribution in [2.45, 2.75) is 6.92 Å². The zero-order valence-corrected chi connectivity index (χ0v) is 14.0. The van der Waals surface area contributed by atoms with Crippen LogP contribution in [0, 0.1) is 6.92 Å². The SMILES string of the molecule is COc1cc(OC)c(N(C(N)=O)c2nnc(C)s2)cc1Br. The van der Waals surface area contributed by atoms with Crippen LogP contribution in [0.15, 0.2) is 16.6 Å². The summed E-state index contributed by atoms with van der Waals surface area (Å²) in [6.45, 7) is 1.79. The lowest BCUT2D eigenvalue weighted by Gasteiger charge is -2.20. The molecule has 2 aromatic rings. The second-order valence-electron chi connectivity index (χ2n) is 3.94. The van der Waals surface area contributed by atoms with Crippen LogP contribution >= 0.6 is 27.3 Å². The molecule has 1 heterocycles. The summed E-state index contributed by atoms with van der Waals surface area (Å²) in [5.74, 6) is 1.01.